The van der Waals surface area contributed by atoms with Crippen LogP contribution in [0.5, 0.6) is 46.0 Å². The summed E-state index contributed by atoms with van der Waals surface area (Å²) in [4.78, 5) is 0. The fourth-order valence-electron chi connectivity index (χ4n) is 5.93. The molecule has 3 heterocycles. The molecule has 7 rings (SSSR count). The van der Waals surface area contributed by atoms with E-state index in [0.29, 0.717) is 0 Å². The molecule has 248 valence electrons. The van der Waals surface area contributed by atoms with Crippen LogP contribution in [0.1, 0.15) is 0 Å². The van der Waals surface area contributed by atoms with Gasteiger partial charge in [0.25, 0.3) is 0 Å². The summed E-state index contributed by atoms with van der Waals surface area (Å²) in [5.41, 5.74) is 4.40. The van der Waals surface area contributed by atoms with E-state index in [9.17, 15) is 0 Å². The molecule has 16 heteroatoms. The van der Waals surface area contributed by atoms with E-state index in [4.69, 9.17) is 37.9 Å². The second kappa shape index (κ2) is 16.1. The van der Waals surface area contributed by atoms with Gasteiger partial charge in [-0.1, -0.05) is 0 Å². The minimum atomic E-state index is -3.14. The van der Waals surface area contributed by atoms with Crippen molar-refractivity contribution in [2.24, 2.45) is 0 Å². The van der Waals surface area contributed by atoms with Gasteiger partial charge in [0.05, 0.1) is 0 Å². The quantitative estimate of drug-likeness (QED) is 0.196. The Morgan fingerprint density at radius 2 is 0.562 bits per heavy atom. The van der Waals surface area contributed by atoms with E-state index in [1.165, 1.54) is 0 Å². The summed E-state index contributed by atoms with van der Waals surface area (Å²) in [6.45, 7) is 0. The average Bonchev–Trinajstić information content (AvgIpc) is 3.13. The van der Waals surface area contributed by atoms with Crippen LogP contribution < -0.4 is 43.3 Å². The molecule has 0 unspecified atom stereocenters. The van der Waals surface area contributed by atoms with Crippen LogP contribution in [0.3, 0.4) is 0 Å². The molecule has 0 spiro atoms. The number of ether oxygens (including phenoxy) is 8. The normalized spacial score (nSPS) is 16.2. The molecule has 0 aromatic heterocycles. The van der Waals surface area contributed by atoms with Gasteiger partial charge >= 0.3 is 328 Å². The molecule has 48 heavy (non-hydrogen) atoms. The predicted octanol–water partition coefficient (Wildman–Crippen LogP) is 3.16. The Labute approximate surface area is 325 Å². The molecule has 3 aliphatic rings. The molecule has 0 N–H and O–H groups in total. The van der Waals surface area contributed by atoms with Crippen LogP contribution in [0.2, 0.25) is 0 Å². The van der Waals surface area contributed by atoms with Gasteiger partial charge in [0.2, 0.25) is 0 Å². The minimum absolute atomic E-state index is 0. The zero-order valence-corrected chi connectivity index (χ0v) is 41.5. The van der Waals surface area contributed by atoms with Crippen molar-refractivity contribution in [1.82, 2.24) is 0 Å². The Bertz CT molecular complexity index is 1410. The van der Waals surface area contributed by atoms with E-state index < -0.39 is 62.8 Å². The van der Waals surface area contributed by atoms with Crippen LogP contribution in [0, 0.1) is 0 Å². The molecule has 0 saturated carbocycles. The molecule has 0 atom stereocenters. The summed E-state index contributed by atoms with van der Waals surface area (Å²) >= 11 is -7.99. The van der Waals surface area contributed by atoms with Crippen LogP contribution >= 0.6 is 0 Å². The number of hydrogen-bond donors (Lipinski definition) is 0. The first kappa shape index (κ1) is 36.9. The van der Waals surface area contributed by atoms with Crippen LogP contribution in [-0.2, 0) is 0 Å². The van der Waals surface area contributed by atoms with E-state index in [0.717, 1.165) is 68.7 Å². The SMILES string of the molecule is COc1cc(OC)cc([N]2[SnH+][N](c3cc(OC)cc(OC)c3)[SnH]3[N](c4cc(OC)cc(OC)c4)[SnH]2[N]3c2cc(OC)cc(OC)c2)c1.[SnH+3]. The van der Waals surface area contributed by atoms with Gasteiger partial charge in [-0.15, -0.1) is 0 Å². The average molecular weight is 1080 g/mol. The Hall–Kier alpha value is -2.33. The van der Waals surface area contributed by atoms with E-state index in [1.807, 2.05) is 24.3 Å². The maximum atomic E-state index is 5.77. The number of nitrogens with zero attached hydrogens (tertiary/aromatic N) is 4. The van der Waals surface area contributed by atoms with Crippen molar-refractivity contribution in [3.8, 4) is 46.0 Å². The number of methoxy groups -OCH3 is 8. The van der Waals surface area contributed by atoms with E-state index >= 15 is 0 Å². The number of rotatable bonds is 12. The van der Waals surface area contributed by atoms with Crippen molar-refractivity contribution in [1.29, 1.82) is 0 Å². The molecule has 12 nitrogen and oxygen atoms in total. The zero-order chi connectivity index (χ0) is 33.2. The summed E-state index contributed by atoms with van der Waals surface area (Å²) in [6, 6.07) is 24.7. The fraction of sp³-hybridized carbons (Fsp3) is 0.250. The summed E-state index contributed by atoms with van der Waals surface area (Å²) in [6.07, 6.45) is 0. The maximum absolute atomic E-state index is 5.77. The first-order valence-corrected chi connectivity index (χ1v) is 26.6. The van der Waals surface area contributed by atoms with Gasteiger partial charge in [-0.2, -0.15) is 0 Å². The van der Waals surface area contributed by atoms with Crippen molar-refractivity contribution in [2.75, 3.05) is 62.3 Å². The van der Waals surface area contributed by atoms with Crippen molar-refractivity contribution in [2.45, 2.75) is 0 Å². The third-order valence-electron chi connectivity index (χ3n) is 8.28. The third-order valence-corrected chi connectivity index (χ3v) is 60.8. The van der Waals surface area contributed by atoms with Crippen molar-refractivity contribution in [3.05, 3.63) is 72.8 Å². The number of benzene rings is 4. The van der Waals surface area contributed by atoms with Crippen molar-refractivity contribution < 1.29 is 37.9 Å². The second-order valence-corrected chi connectivity index (χ2v) is 47.5. The summed E-state index contributed by atoms with van der Waals surface area (Å²) in [5.74, 6) is 6.00. The van der Waals surface area contributed by atoms with Crippen LogP contribution in [-0.4, -0.2) is 144 Å². The summed E-state index contributed by atoms with van der Waals surface area (Å²) in [7, 11) is 13.5. The van der Waals surface area contributed by atoms with Crippen LogP contribution in [0.25, 0.3) is 0 Å². The standard InChI is InChI=1S/4C8H9NO2.4Sn.4H/c4*1-10-7-3-6(9)4-8(5-7)11-2;;;;;;;;/h4*3-5H,1-2H3;;;;;;;;/q;;;;;;+1;+3;;;;. The third kappa shape index (κ3) is 7.12. The van der Waals surface area contributed by atoms with Gasteiger partial charge in [0.1, 0.15) is 0 Å². The predicted molar refractivity (Wildman–Crippen MR) is 197 cm³/mol. The summed E-state index contributed by atoms with van der Waals surface area (Å²) in [5, 5.41) is 0. The second-order valence-electron chi connectivity index (χ2n) is 10.7. The Kier molecular flexibility index (Phi) is 12.4. The fourth-order valence-corrected chi connectivity index (χ4v) is 110. The van der Waals surface area contributed by atoms with E-state index in [2.05, 4.69) is 53.9 Å². The molecule has 3 aliphatic heterocycles. The number of anilines is 4. The number of fused-ring (bicyclic) bond motifs is 2. The van der Waals surface area contributed by atoms with Gasteiger partial charge in [0, 0.05) is 0 Å². The monoisotopic (exact) mass is 1090 g/mol. The first-order valence-electron chi connectivity index (χ1n) is 14.8. The molecular weight excluding hydrogens is 1040 g/mol. The Morgan fingerprint density at radius 3 is 0.771 bits per heavy atom. The van der Waals surface area contributed by atoms with E-state index in [-0.39, 0.29) is 23.9 Å². The van der Waals surface area contributed by atoms with Gasteiger partial charge < -0.3 is 0 Å². The molecule has 2 bridgehead atoms. The van der Waals surface area contributed by atoms with Gasteiger partial charge in [-0.05, 0) is 0 Å². The molecule has 0 aliphatic carbocycles. The first-order chi connectivity index (χ1) is 22.9. The molecule has 0 amide bonds. The molecular formula is C32H40N4O8Sn4+4. The van der Waals surface area contributed by atoms with Crippen molar-refractivity contribution >= 4 is 110 Å². The van der Waals surface area contributed by atoms with Crippen molar-refractivity contribution in [3.63, 3.8) is 0 Å². The Balaban J connectivity index is 0.00000451. The van der Waals surface area contributed by atoms with Gasteiger partial charge in [0.15, 0.2) is 0 Å². The molecule has 3 saturated heterocycles. The van der Waals surface area contributed by atoms with Gasteiger partial charge in [-0.3, -0.25) is 0 Å². The van der Waals surface area contributed by atoms with Crippen LogP contribution in [0.15, 0.2) is 72.8 Å². The topological polar surface area (TPSA) is 86.8 Å². The molecule has 3 fully saturated rings. The Morgan fingerprint density at radius 1 is 0.354 bits per heavy atom. The van der Waals surface area contributed by atoms with E-state index in [1.54, 1.807) is 56.9 Å². The van der Waals surface area contributed by atoms with Gasteiger partial charge in [-0.25, -0.2) is 0 Å². The zero-order valence-electron chi connectivity index (χ0n) is 28.3. The molecule has 0 radical (unpaired) electrons. The number of hydrogen-bond acceptors (Lipinski definition) is 12. The van der Waals surface area contributed by atoms with Crippen LogP contribution in [0.4, 0.5) is 22.7 Å². The molecule has 4 aromatic rings. The molecule has 4 aromatic carbocycles. The summed E-state index contributed by atoms with van der Waals surface area (Å²) < 4.78 is 57.1.